The average Bonchev–Trinajstić information content (AvgIpc) is 2.21. The van der Waals surface area contributed by atoms with Crippen LogP contribution in [0.4, 0.5) is 13.2 Å². The predicted molar refractivity (Wildman–Crippen MR) is 65.6 cm³/mol. The summed E-state index contributed by atoms with van der Waals surface area (Å²) in [6.45, 7) is 0. The van der Waals surface area contributed by atoms with Gasteiger partial charge in [-0.25, -0.2) is 0 Å². The molecule has 0 radical (unpaired) electrons. The van der Waals surface area contributed by atoms with E-state index in [1.165, 1.54) is 0 Å². The third-order valence-corrected chi connectivity index (χ3v) is 3.59. The van der Waals surface area contributed by atoms with Gasteiger partial charge in [-0.1, -0.05) is 15.9 Å². The van der Waals surface area contributed by atoms with Gasteiger partial charge in [-0.2, -0.15) is 5.26 Å². The summed E-state index contributed by atoms with van der Waals surface area (Å²) >= 11 is 4.94. The van der Waals surface area contributed by atoms with Crippen LogP contribution in [0.3, 0.4) is 0 Å². The number of aromatic nitrogens is 1. The fraction of sp³-hybridized carbons (Fsp3) is 0.333. The van der Waals surface area contributed by atoms with Gasteiger partial charge in [-0.15, -0.1) is 13.2 Å². The average molecular weight is 421 g/mol. The Labute approximate surface area is 117 Å². The number of alkyl halides is 4. The van der Waals surface area contributed by atoms with Crippen LogP contribution in [0.1, 0.15) is 11.3 Å². The van der Waals surface area contributed by atoms with E-state index >= 15 is 0 Å². The van der Waals surface area contributed by atoms with E-state index in [1.807, 2.05) is 28.7 Å². The van der Waals surface area contributed by atoms with Gasteiger partial charge in [0.25, 0.3) is 0 Å². The van der Waals surface area contributed by atoms with Crippen molar-refractivity contribution in [1.82, 2.24) is 4.98 Å². The van der Waals surface area contributed by atoms with E-state index in [9.17, 15) is 13.2 Å². The summed E-state index contributed by atoms with van der Waals surface area (Å²) in [4.78, 5) is 3.78. The number of nitriles is 1. The van der Waals surface area contributed by atoms with Gasteiger partial charge in [0, 0.05) is 14.5 Å². The standard InChI is InChI=1S/C9H5BrF3IN2O/c10-3-5-7(17-9(11,12)13)4-16-6(1-2-15)8(5)14/h4H,1,3H2. The first kappa shape index (κ1) is 14.5. The predicted octanol–water partition coefficient (Wildman–Crippen LogP) is 3.55. The molecule has 1 heterocycles. The summed E-state index contributed by atoms with van der Waals surface area (Å²) in [7, 11) is 0. The Hall–Kier alpha value is -0.560. The molecule has 0 aromatic carbocycles. The zero-order valence-corrected chi connectivity index (χ0v) is 11.9. The Morgan fingerprint density at radius 2 is 2.18 bits per heavy atom. The molecule has 1 rings (SSSR count). The lowest BCUT2D eigenvalue weighted by atomic mass is 10.2. The molecule has 0 saturated heterocycles. The SMILES string of the molecule is N#CCc1ncc(OC(F)(F)F)c(CBr)c1I. The molecule has 0 saturated carbocycles. The minimum atomic E-state index is -4.75. The monoisotopic (exact) mass is 420 g/mol. The molecule has 0 aliphatic heterocycles. The van der Waals surface area contributed by atoms with E-state index in [-0.39, 0.29) is 17.5 Å². The van der Waals surface area contributed by atoms with Crippen LogP contribution in [0.5, 0.6) is 5.75 Å². The highest BCUT2D eigenvalue weighted by Crippen LogP contribution is 2.31. The zero-order chi connectivity index (χ0) is 13.1. The van der Waals surface area contributed by atoms with E-state index in [0.717, 1.165) is 6.20 Å². The molecule has 1 aromatic rings. The minimum Gasteiger partial charge on any atom is -0.404 e. The van der Waals surface area contributed by atoms with Crippen molar-refractivity contribution in [3.63, 3.8) is 0 Å². The van der Waals surface area contributed by atoms with Crippen LogP contribution in [0.25, 0.3) is 0 Å². The first-order valence-corrected chi connectivity index (χ1v) is 6.44. The number of halogens is 5. The van der Waals surface area contributed by atoms with Crippen molar-refractivity contribution in [3.8, 4) is 11.8 Å². The van der Waals surface area contributed by atoms with Gasteiger partial charge in [0.05, 0.1) is 24.4 Å². The number of rotatable bonds is 3. The van der Waals surface area contributed by atoms with Gasteiger partial charge in [0.15, 0.2) is 5.75 Å². The highest BCUT2D eigenvalue weighted by Gasteiger charge is 2.32. The van der Waals surface area contributed by atoms with Crippen LogP contribution in [0.15, 0.2) is 6.20 Å². The van der Waals surface area contributed by atoms with Gasteiger partial charge in [0.2, 0.25) is 0 Å². The van der Waals surface area contributed by atoms with Crippen molar-refractivity contribution >= 4 is 38.5 Å². The smallest absolute Gasteiger partial charge is 0.404 e. The summed E-state index contributed by atoms with van der Waals surface area (Å²) in [6.07, 6.45) is -3.72. The molecule has 0 unspecified atom stereocenters. The Morgan fingerprint density at radius 3 is 2.65 bits per heavy atom. The number of hydrogen-bond donors (Lipinski definition) is 0. The molecule has 0 bridgehead atoms. The Bertz CT molecular complexity index is 459. The molecule has 0 fully saturated rings. The molecule has 0 spiro atoms. The highest BCUT2D eigenvalue weighted by molar-refractivity contribution is 14.1. The van der Waals surface area contributed by atoms with Gasteiger partial charge in [-0.05, 0) is 22.6 Å². The van der Waals surface area contributed by atoms with Gasteiger partial charge < -0.3 is 4.74 Å². The first-order chi connectivity index (χ1) is 7.89. The van der Waals surface area contributed by atoms with Gasteiger partial charge in [0.1, 0.15) is 0 Å². The molecule has 3 nitrogen and oxygen atoms in total. The second-order valence-corrected chi connectivity index (χ2v) is 4.52. The summed E-state index contributed by atoms with van der Waals surface area (Å²) in [5.74, 6) is -0.347. The lowest BCUT2D eigenvalue weighted by molar-refractivity contribution is -0.275. The number of hydrogen-bond acceptors (Lipinski definition) is 3. The zero-order valence-electron chi connectivity index (χ0n) is 8.18. The van der Waals surface area contributed by atoms with Crippen LogP contribution in [-0.4, -0.2) is 11.3 Å². The largest absolute Gasteiger partial charge is 0.573 e. The Morgan fingerprint density at radius 1 is 1.53 bits per heavy atom. The molecule has 8 heteroatoms. The fourth-order valence-electron chi connectivity index (χ4n) is 1.09. The molecular weight excluding hydrogens is 416 g/mol. The second-order valence-electron chi connectivity index (χ2n) is 2.88. The normalized spacial score (nSPS) is 11.1. The third-order valence-electron chi connectivity index (χ3n) is 1.76. The fourth-order valence-corrected chi connectivity index (χ4v) is 2.96. The van der Waals surface area contributed by atoms with Gasteiger partial charge >= 0.3 is 6.36 Å². The molecular formula is C9H5BrF3IN2O. The van der Waals surface area contributed by atoms with Gasteiger partial charge in [-0.3, -0.25) is 4.98 Å². The number of nitrogens with zero attached hydrogens (tertiary/aromatic N) is 2. The summed E-state index contributed by atoms with van der Waals surface area (Å²) < 4.78 is 40.7. The molecule has 0 N–H and O–H groups in total. The van der Waals surface area contributed by atoms with E-state index in [2.05, 4.69) is 25.7 Å². The molecule has 0 amide bonds. The maximum Gasteiger partial charge on any atom is 0.573 e. The van der Waals surface area contributed by atoms with E-state index < -0.39 is 6.36 Å². The van der Waals surface area contributed by atoms with Crippen LogP contribution >= 0.6 is 38.5 Å². The summed E-state index contributed by atoms with van der Waals surface area (Å²) in [5.41, 5.74) is 0.778. The molecule has 1 aromatic heterocycles. The maximum absolute atomic E-state index is 12.1. The molecule has 0 aliphatic rings. The van der Waals surface area contributed by atoms with Crippen LogP contribution in [-0.2, 0) is 11.8 Å². The third kappa shape index (κ3) is 3.99. The van der Waals surface area contributed by atoms with Crippen molar-refractivity contribution in [2.75, 3.05) is 0 Å². The van der Waals surface area contributed by atoms with Crippen LogP contribution in [0, 0.1) is 14.9 Å². The Kier molecular flexibility index (Phi) is 5.00. The molecule has 92 valence electrons. The van der Waals surface area contributed by atoms with E-state index in [0.29, 0.717) is 14.8 Å². The molecule has 0 atom stereocenters. The lowest BCUT2D eigenvalue weighted by Crippen LogP contribution is -2.19. The van der Waals surface area contributed by atoms with Crippen molar-refractivity contribution in [1.29, 1.82) is 5.26 Å². The second kappa shape index (κ2) is 5.86. The van der Waals surface area contributed by atoms with E-state index in [1.54, 1.807) is 0 Å². The number of ether oxygens (including phenoxy) is 1. The summed E-state index contributed by atoms with van der Waals surface area (Å²) in [6, 6.07) is 1.90. The Balaban J connectivity index is 3.17. The summed E-state index contributed by atoms with van der Waals surface area (Å²) in [5, 5.41) is 8.74. The number of pyridine rings is 1. The van der Waals surface area contributed by atoms with Crippen LogP contribution < -0.4 is 4.74 Å². The van der Waals surface area contributed by atoms with Crippen molar-refractivity contribution in [2.24, 2.45) is 0 Å². The minimum absolute atomic E-state index is 0.0462. The molecule has 0 aliphatic carbocycles. The van der Waals surface area contributed by atoms with Crippen LogP contribution in [0.2, 0.25) is 0 Å². The van der Waals surface area contributed by atoms with E-state index in [4.69, 9.17) is 5.26 Å². The highest BCUT2D eigenvalue weighted by atomic mass is 127. The first-order valence-electron chi connectivity index (χ1n) is 4.24. The van der Waals surface area contributed by atoms with Crippen molar-refractivity contribution in [3.05, 3.63) is 21.0 Å². The molecule has 17 heavy (non-hydrogen) atoms. The quantitative estimate of drug-likeness (QED) is 0.555. The van der Waals surface area contributed by atoms with Crippen molar-refractivity contribution < 1.29 is 17.9 Å². The topological polar surface area (TPSA) is 45.9 Å². The maximum atomic E-state index is 12.1. The lowest BCUT2D eigenvalue weighted by Gasteiger charge is -2.14. The van der Waals surface area contributed by atoms with Crippen molar-refractivity contribution in [2.45, 2.75) is 18.1 Å².